The molecule has 0 fully saturated rings. The Bertz CT molecular complexity index is 198. The molecule has 0 aliphatic heterocycles. The van der Waals surface area contributed by atoms with Crippen LogP contribution in [0.25, 0.3) is 11.1 Å². The molecule has 2 aliphatic rings. The lowest BCUT2D eigenvalue weighted by Crippen LogP contribution is -1.26. The maximum absolute atomic E-state index is 4.27. The molecular weight excluding hydrogens is 128 g/mol. The first-order chi connectivity index (χ1) is 4.38. The van der Waals surface area contributed by atoms with Crippen LogP contribution in [0, 0.1) is 0 Å². The van der Waals surface area contributed by atoms with E-state index in [-0.39, 0.29) is 0 Å². The zero-order chi connectivity index (χ0) is 6.69. The lowest BCUT2D eigenvalue weighted by Gasteiger charge is -1.48. The van der Waals surface area contributed by atoms with Gasteiger partial charge in [-0.3, -0.25) is 0 Å². The van der Waals surface area contributed by atoms with Crippen LogP contribution in [-0.2, 0) is 0 Å². The van der Waals surface area contributed by atoms with Crippen molar-refractivity contribution in [3.05, 3.63) is 24.3 Å². The highest BCUT2D eigenvalue weighted by Gasteiger charge is 2.06. The van der Waals surface area contributed by atoms with Crippen LogP contribution in [0.4, 0.5) is 0 Å². The van der Waals surface area contributed by atoms with Gasteiger partial charge in [-0.2, -0.15) is 0 Å². The third-order valence-corrected chi connectivity index (χ3v) is 1.11. The molecule has 0 aromatic carbocycles. The van der Waals surface area contributed by atoms with Crippen LogP contribution in [0.5, 0.6) is 0 Å². The van der Waals surface area contributed by atoms with E-state index in [0.717, 1.165) is 0 Å². The molecule has 0 atom stereocenters. The number of benzene rings is 1. The van der Waals surface area contributed by atoms with Crippen LogP contribution in [0.2, 0.25) is 0 Å². The van der Waals surface area contributed by atoms with Gasteiger partial charge in [0.2, 0.25) is 0 Å². The van der Waals surface area contributed by atoms with Crippen molar-refractivity contribution in [3.8, 4) is 11.1 Å². The molecular formula is C8H8S. The summed E-state index contributed by atoms with van der Waals surface area (Å²) in [5.41, 5.74) is 2.85. The van der Waals surface area contributed by atoms with E-state index in [1.54, 1.807) is 5.37 Å². The maximum Gasteiger partial charge on any atom is -0.0178 e. The van der Waals surface area contributed by atoms with Gasteiger partial charge in [-0.1, -0.05) is 30.4 Å². The quantitative estimate of drug-likeness (QED) is 0.502. The second kappa shape index (κ2) is 2.74. The van der Waals surface area contributed by atoms with Gasteiger partial charge in [0.15, 0.2) is 0 Å². The van der Waals surface area contributed by atoms with Crippen LogP contribution in [0.3, 0.4) is 0 Å². The Balaban J connectivity index is 0.000000120. The number of hydrogen-bond donors (Lipinski definition) is 0. The van der Waals surface area contributed by atoms with Crippen LogP contribution in [-0.4, -0.2) is 5.37 Å². The molecule has 0 unspecified atom stereocenters. The molecule has 1 heteroatoms. The SMILES string of the molecule is CC=S.c1cc2cc-2c1. The van der Waals surface area contributed by atoms with Gasteiger partial charge in [0.1, 0.15) is 0 Å². The van der Waals surface area contributed by atoms with Gasteiger partial charge in [-0.25, -0.2) is 0 Å². The molecule has 0 spiro atoms. The minimum atomic E-state index is 1.43. The highest BCUT2D eigenvalue weighted by atomic mass is 32.1. The molecule has 0 heterocycles. The molecule has 46 valence electrons. The summed E-state index contributed by atoms with van der Waals surface area (Å²) in [5.74, 6) is 0. The van der Waals surface area contributed by atoms with E-state index < -0.39 is 0 Å². The number of fused-ring (bicyclic) bond motifs is 1. The molecule has 9 heavy (non-hydrogen) atoms. The molecule has 0 N–H and O–H groups in total. The topological polar surface area (TPSA) is 0 Å². The second-order valence-electron chi connectivity index (χ2n) is 1.82. The molecule has 2 aliphatic carbocycles. The van der Waals surface area contributed by atoms with Crippen LogP contribution < -0.4 is 0 Å². The van der Waals surface area contributed by atoms with Crippen molar-refractivity contribution in [1.82, 2.24) is 0 Å². The van der Waals surface area contributed by atoms with Crippen molar-refractivity contribution in [2.75, 3.05) is 0 Å². The molecule has 0 saturated carbocycles. The summed E-state index contributed by atoms with van der Waals surface area (Å²) >= 11 is 4.27. The zero-order valence-electron chi connectivity index (χ0n) is 5.29. The standard InChI is InChI=1S/C6H4.C2H4S/c1-2-5-4-6(5)3-1;1-2-3/h1-4H;2H,1H3. The van der Waals surface area contributed by atoms with Crippen molar-refractivity contribution in [3.63, 3.8) is 0 Å². The lowest BCUT2D eigenvalue weighted by atomic mass is 10.6. The largest absolute Gasteiger partial charge is 0.0938 e. The van der Waals surface area contributed by atoms with Crippen molar-refractivity contribution in [2.24, 2.45) is 0 Å². The van der Waals surface area contributed by atoms with Crippen LogP contribution in [0.1, 0.15) is 6.92 Å². The second-order valence-corrected chi connectivity index (χ2v) is 2.29. The van der Waals surface area contributed by atoms with Crippen molar-refractivity contribution in [1.29, 1.82) is 0 Å². The van der Waals surface area contributed by atoms with Gasteiger partial charge in [-0.05, 0) is 29.5 Å². The Hall–Kier alpha value is -0.690. The third kappa shape index (κ3) is 1.61. The highest BCUT2D eigenvalue weighted by Crippen LogP contribution is 2.32. The predicted molar refractivity (Wildman–Crippen MR) is 44.8 cm³/mol. The van der Waals surface area contributed by atoms with E-state index in [4.69, 9.17) is 0 Å². The fraction of sp³-hybridized carbons (Fsp3) is 0.125. The summed E-state index contributed by atoms with van der Waals surface area (Å²) in [6, 6.07) is 8.48. The molecule has 0 aromatic rings. The lowest BCUT2D eigenvalue weighted by molar-refractivity contribution is 2.01. The summed E-state index contributed by atoms with van der Waals surface area (Å²) in [7, 11) is 0. The third-order valence-electron chi connectivity index (χ3n) is 1.11. The van der Waals surface area contributed by atoms with E-state index in [0.29, 0.717) is 0 Å². The molecule has 0 aromatic heterocycles. The van der Waals surface area contributed by atoms with Gasteiger partial charge in [0, 0.05) is 0 Å². The summed E-state index contributed by atoms with van der Waals surface area (Å²) in [4.78, 5) is 0. The van der Waals surface area contributed by atoms with E-state index in [1.807, 2.05) is 6.92 Å². The van der Waals surface area contributed by atoms with Gasteiger partial charge >= 0.3 is 0 Å². The predicted octanol–water partition coefficient (Wildman–Crippen LogP) is 2.67. The van der Waals surface area contributed by atoms with Gasteiger partial charge < -0.3 is 0 Å². The summed E-state index contributed by atoms with van der Waals surface area (Å²) in [5, 5.41) is 1.58. The first kappa shape index (κ1) is 6.43. The fourth-order valence-corrected chi connectivity index (χ4v) is 0.676. The number of rotatable bonds is 0. The van der Waals surface area contributed by atoms with E-state index in [2.05, 4.69) is 36.5 Å². The molecule has 0 nitrogen and oxygen atoms in total. The van der Waals surface area contributed by atoms with Crippen molar-refractivity contribution < 1.29 is 0 Å². The highest BCUT2D eigenvalue weighted by molar-refractivity contribution is 7.78. The molecule has 0 amide bonds. The molecule has 0 radical (unpaired) electrons. The first-order valence-electron chi connectivity index (χ1n) is 2.88. The van der Waals surface area contributed by atoms with Gasteiger partial charge in [-0.15, -0.1) is 0 Å². The molecule has 0 saturated heterocycles. The average Bonchev–Trinajstić information content (AvgIpc) is 2.43. The minimum absolute atomic E-state index is 1.43. The van der Waals surface area contributed by atoms with E-state index >= 15 is 0 Å². The first-order valence-corrected chi connectivity index (χ1v) is 3.36. The Morgan fingerprint density at radius 2 is 1.78 bits per heavy atom. The zero-order valence-corrected chi connectivity index (χ0v) is 6.11. The normalized spacial score (nSPS) is 9.00. The fourth-order valence-electron chi connectivity index (χ4n) is 0.676. The molecule has 2 rings (SSSR count). The molecule has 0 bridgehead atoms. The Morgan fingerprint density at radius 3 is 1.89 bits per heavy atom. The monoisotopic (exact) mass is 136 g/mol. The van der Waals surface area contributed by atoms with Crippen LogP contribution in [0.15, 0.2) is 24.3 Å². The smallest absolute Gasteiger partial charge is 0.0178 e. The summed E-state index contributed by atoms with van der Waals surface area (Å²) in [6.07, 6.45) is 0. The van der Waals surface area contributed by atoms with Gasteiger partial charge in [0.25, 0.3) is 0 Å². The van der Waals surface area contributed by atoms with E-state index in [1.165, 1.54) is 11.1 Å². The van der Waals surface area contributed by atoms with E-state index in [9.17, 15) is 0 Å². The van der Waals surface area contributed by atoms with Crippen LogP contribution >= 0.6 is 12.2 Å². The Morgan fingerprint density at radius 1 is 1.33 bits per heavy atom. The average molecular weight is 136 g/mol. The Kier molecular flexibility index (Phi) is 1.96. The number of thiocarbonyl (C=S) groups is 1. The summed E-state index contributed by atoms with van der Waals surface area (Å²) in [6.45, 7) is 1.81. The minimum Gasteiger partial charge on any atom is -0.0938 e. The van der Waals surface area contributed by atoms with Crippen molar-refractivity contribution in [2.45, 2.75) is 6.92 Å². The maximum atomic E-state index is 4.27. The van der Waals surface area contributed by atoms with Gasteiger partial charge in [0.05, 0.1) is 0 Å². The number of hydrogen-bond acceptors (Lipinski definition) is 1. The summed E-state index contributed by atoms with van der Waals surface area (Å²) < 4.78 is 0. The van der Waals surface area contributed by atoms with Crippen molar-refractivity contribution >= 4 is 17.6 Å². The Labute approximate surface area is 60.5 Å².